The zero-order chi connectivity index (χ0) is 14.7. The molecule has 1 aromatic heterocycles. The third-order valence-corrected chi connectivity index (χ3v) is 3.46. The third-order valence-electron chi connectivity index (χ3n) is 2.36. The molecule has 0 aliphatic carbocycles. The highest BCUT2D eigenvalue weighted by Gasteiger charge is 2.11. The lowest BCUT2D eigenvalue weighted by Crippen LogP contribution is -2.41. The monoisotopic (exact) mass is 403 g/mol. The molecular formula is C12H8Br2FN3O2. The number of H-pyrrole nitrogens is 1. The van der Waals surface area contributed by atoms with E-state index in [-0.39, 0.29) is 15.7 Å². The van der Waals surface area contributed by atoms with Gasteiger partial charge in [0.15, 0.2) is 0 Å². The number of halogens is 3. The Morgan fingerprint density at radius 2 is 1.80 bits per heavy atom. The van der Waals surface area contributed by atoms with Gasteiger partial charge >= 0.3 is 0 Å². The standard InChI is InChI=1S/C12H8Br2FN3O2/c13-7-4-10(16-5-7)12(20)18-17-11(19)6-1-2-8(14)9(15)3-6/h1-5,16H,(H,17,19)(H,18,20). The highest BCUT2D eigenvalue weighted by molar-refractivity contribution is 9.10. The fourth-order valence-electron chi connectivity index (χ4n) is 1.39. The van der Waals surface area contributed by atoms with Gasteiger partial charge in [-0.25, -0.2) is 4.39 Å². The van der Waals surface area contributed by atoms with Crippen molar-refractivity contribution in [1.29, 1.82) is 0 Å². The Bertz CT molecular complexity index is 672. The van der Waals surface area contributed by atoms with Gasteiger partial charge in [0.05, 0.1) is 4.47 Å². The van der Waals surface area contributed by atoms with Crippen LogP contribution in [0.3, 0.4) is 0 Å². The van der Waals surface area contributed by atoms with E-state index < -0.39 is 17.6 Å². The van der Waals surface area contributed by atoms with Gasteiger partial charge < -0.3 is 4.98 Å². The largest absolute Gasteiger partial charge is 0.356 e. The van der Waals surface area contributed by atoms with Crippen LogP contribution in [0.25, 0.3) is 0 Å². The summed E-state index contributed by atoms with van der Waals surface area (Å²) in [5, 5.41) is 0. The molecule has 104 valence electrons. The average Bonchev–Trinajstić information content (AvgIpc) is 2.85. The summed E-state index contributed by atoms with van der Waals surface area (Å²) in [6.07, 6.45) is 1.58. The summed E-state index contributed by atoms with van der Waals surface area (Å²) in [7, 11) is 0. The average molecular weight is 405 g/mol. The number of hydrogen-bond donors (Lipinski definition) is 3. The second-order valence-corrected chi connectivity index (χ2v) is 5.54. The van der Waals surface area contributed by atoms with Crippen molar-refractivity contribution in [1.82, 2.24) is 15.8 Å². The number of amides is 2. The Labute approximate surface area is 130 Å². The van der Waals surface area contributed by atoms with Crippen LogP contribution >= 0.6 is 31.9 Å². The number of carbonyl (C=O) groups is 2. The molecule has 0 unspecified atom stereocenters. The Kier molecular flexibility index (Phi) is 4.56. The lowest BCUT2D eigenvalue weighted by Gasteiger charge is -2.06. The molecule has 20 heavy (non-hydrogen) atoms. The van der Waals surface area contributed by atoms with Crippen molar-refractivity contribution in [2.75, 3.05) is 0 Å². The molecule has 8 heteroatoms. The van der Waals surface area contributed by atoms with Crippen molar-refractivity contribution in [2.24, 2.45) is 0 Å². The molecular weight excluding hydrogens is 397 g/mol. The number of benzene rings is 1. The van der Waals surface area contributed by atoms with E-state index in [1.165, 1.54) is 12.1 Å². The summed E-state index contributed by atoms with van der Waals surface area (Å²) in [6, 6.07) is 5.46. The summed E-state index contributed by atoms with van der Waals surface area (Å²) in [5.74, 6) is -1.69. The predicted octanol–water partition coefficient (Wildman–Crippen LogP) is 2.75. The molecule has 0 aliphatic rings. The topological polar surface area (TPSA) is 74.0 Å². The number of aromatic nitrogens is 1. The quantitative estimate of drug-likeness (QED) is 0.673. The molecule has 0 saturated carbocycles. The molecule has 0 fully saturated rings. The van der Waals surface area contributed by atoms with Crippen LogP contribution in [-0.2, 0) is 0 Å². The molecule has 0 saturated heterocycles. The van der Waals surface area contributed by atoms with Gasteiger partial charge in [0, 0.05) is 16.2 Å². The molecule has 0 atom stereocenters. The van der Waals surface area contributed by atoms with Gasteiger partial charge in [-0.05, 0) is 56.1 Å². The molecule has 5 nitrogen and oxygen atoms in total. The number of aromatic amines is 1. The lowest BCUT2D eigenvalue weighted by atomic mass is 10.2. The van der Waals surface area contributed by atoms with Crippen LogP contribution in [0.1, 0.15) is 20.8 Å². The maximum atomic E-state index is 13.3. The molecule has 2 rings (SSSR count). The van der Waals surface area contributed by atoms with Crippen molar-refractivity contribution in [2.45, 2.75) is 0 Å². The summed E-state index contributed by atoms with van der Waals surface area (Å²) in [4.78, 5) is 26.1. The van der Waals surface area contributed by atoms with Crippen molar-refractivity contribution in [3.05, 3.63) is 56.5 Å². The van der Waals surface area contributed by atoms with Crippen molar-refractivity contribution >= 4 is 43.7 Å². The zero-order valence-corrected chi connectivity index (χ0v) is 13.0. The van der Waals surface area contributed by atoms with Gasteiger partial charge in [0.25, 0.3) is 11.8 Å². The van der Waals surface area contributed by atoms with Crippen LogP contribution in [-0.4, -0.2) is 16.8 Å². The SMILES string of the molecule is O=C(NNC(=O)c1cc(Br)c[nH]1)c1ccc(Br)c(F)c1. The highest BCUT2D eigenvalue weighted by atomic mass is 79.9. The van der Waals surface area contributed by atoms with E-state index in [0.29, 0.717) is 4.47 Å². The minimum atomic E-state index is -0.615. The predicted molar refractivity (Wildman–Crippen MR) is 77.5 cm³/mol. The van der Waals surface area contributed by atoms with Gasteiger partial charge in [-0.3, -0.25) is 20.4 Å². The molecule has 1 aromatic carbocycles. The zero-order valence-electron chi connectivity index (χ0n) is 9.84. The Morgan fingerprint density at radius 3 is 2.40 bits per heavy atom. The molecule has 0 radical (unpaired) electrons. The third kappa shape index (κ3) is 3.45. The first-order valence-electron chi connectivity index (χ1n) is 5.37. The van der Waals surface area contributed by atoms with Crippen molar-refractivity contribution in [3.8, 4) is 0 Å². The number of hydrazine groups is 1. The van der Waals surface area contributed by atoms with Gasteiger partial charge in [0.1, 0.15) is 11.5 Å². The molecule has 3 N–H and O–H groups in total. The second kappa shape index (κ2) is 6.19. The van der Waals surface area contributed by atoms with Crippen LogP contribution in [0.5, 0.6) is 0 Å². The first kappa shape index (κ1) is 14.7. The van der Waals surface area contributed by atoms with Crippen LogP contribution in [0.4, 0.5) is 4.39 Å². The normalized spacial score (nSPS) is 10.2. The highest BCUT2D eigenvalue weighted by Crippen LogP contribution is 2.16. The minimum absolute atomic E-state index is 0.0960. The molecule has 0 bridgehead atoms. The van der Waals surface area contributed by atoms with E-state index in [0.717, 1.165) is 6.07 Å². The smallest absolute Gasteiger partial charge is 0.286 e. The maximum Gasteiger partial charge on any atom is 0.286 e. The molecule has 0 aliphatic heterocycles. The molecule has 2 aromatic rings. The summed E-state index contributed by atoms with van der Waals surface area (Å²) >= 11 is 6.18. The number of hydrogen-bond acceptors (Lipinski definition) is 2. The van der Waals surface area contributed by atoms with E-state index in [9.17, 15) is 14.0 Å². The molecule has 2 amide bonds. The summed E-state index contributed by atoms with van der Waals surface area (Å²) < 4.78 is 14.3. The first-order valence-corrected chi connectivity index (χ1v) is 6.95. The second-order valence-electron chi connectivity index (χ2n) is 3.77. The van der Waals surface area contributed by atoms with Crippen LogP contribution in [0, 0.1) is 5.82 Å². The molecule has 1 heterocycles. The lowest BCUT2D eigenvalue weighted by molar-refractivity contribution is 0.0844. The van der Waals surface area contributed by atoms with E-state index in [2.05, 4.69) is 47.7 Å². The van der Waals surface area contributed by atoms with Gasteiger partial charge in [-0.15, -0.1) is 0 Å². The number of nitrogens with one attached hydrogen (secondary N) is 3. The number of carbonyl (C=O) groups excluding carboxylic acids is 2. The molecule has 0 spiro atoms. The number of rotatable bonds is 2. The van der Waals surface area contributed by atoms with Gasteiger partial charge in [-0.2, -0.15) is 0 Å². The summed E-state index contributed by atoms with van der Waals surface area (Å²) in [5.41, 5.74) is 4.79. The Hall–Kier alpha value is -1.67. The van der Waals surface area contributed by atoms with Crippen LogP contribution in [0.15, 0.2) is 39.4 Å². The van der Waals surface area contributed by atoms with E-state index >= 15 is 0 Å². The van der Waals surface area contributed by atoms with Crippen LogP contribution in [0.2, 0.25) is 0 Å². The Morgan fingerprint density at radius 1 is 1.10 bits per heavy atom. The fourth-order valence-corrected chi connectivity index (χ4v) is 1.98. The van der Waals surface area contributed by atoms with Crippen molar-refractivity contribution in [3.63, 3.8) is 0 Å². The van der Waals surface area contributed by atoms with Gasteiger partial charge in [-0.1, -0.05) is 0 Å². The first-order chi connectivity index (χ1) is 9.47. The fraction of sp³-hybridized carbons (Fsp3) is 0. The van der Waals surface area contributed by atoms with Gasteiger partial charge in [0.2, 0.25) is 0 Å². The minimum Gasteiger partial charge on any atom is -0.356 e. The van der Waals surface area contributed by atoms with E-state index in [1.54, 1.807) is 12.3 Å². The van der Waals surface area contributed by atoms with Crippen molar-refractivity contribution < 1.29 is 14.0 Å². The van der Waals surface area contributed by atoms with E-state index in [1.807, 2.05) is 0 Å². The summed E-state index contributed by atoms with van der Waals surface area (Å²) in [6.45, 7) is 0. The Balaban J connectivity index is 1.98. The maximum absolute atomic E-state index is 13.3. The van der Waals surface area contributed by atoms with E-state index in [4.69, 9.17) is 0 Å². The van der Waals surface area contributed by atoms with Crippen LogP contribution < -0.4 is 10.9 Å².